The highest BCUT2D eigenvalue weighted by Crippen LogP contribution is 2.25. The third kappa shape index (κ3) is 2.78. The summed E-state index contributed by atoms with van der Waals surface area (Å²) < 4.78 is 5.37. The van der Waals surface area contributed by atoms with Gasteiger partial charge in [-0.05, 0) is 13.8 Å². The maximum absolute atomic E-state index is 8.46. The van der Waals surface area contributed by atoms with Crippen molar-refractivity contribution in [2.45, 2.75) is 37.7 Å². The van der Waals surface area contributed by atoms with Gasteiger partial charge < -0.3 is 4.42 Å². The van der Waals surface area contributed by atoms with Crippen LogP contribution in [0.2, 0.25) is 0 Å². The summed E-state index contributed by atoms with van der Waals surface area (Å²) in [4.78, 5) is 4.22. The topological polar surface area (TPSA) is 49.8 Å². The fourth-order valence-corrected chi connectivity index (χ4v) is 1.70. The van der Waals surface area contributed by atoms with Crippen LogP contribution in [0, 0.1) is 25.2 Å². The van der Waals surface area contributed by atoms with E-state index >= 15 is 0 Å². The van der Waals surface area contributed by atoms with Gasteiger partial charge in [0.2, 0.25) is 0 Å². The van der Waals surface area contributed by atoms with E-state index in [2.05, 4.69) is 11.1 Å². The van der Waals surface area contributed by atoms with Crippen molar-refractivity contribution < 1.29 is 4.42 Å². The van der Waals surface area contributed by atoms with E-state index in [4.69, 9.17) is 9.68 Å². The Morgan fingerprint density at radius 3 is 2.77 bits per heavy atom. The van der Waals surface area contributed by atoms with E-state index in [1.54, 1.807) is 0 Å². The van der Waals surface area contributed by atoms with E-state index in [1.165, 1.54) is 11.8 Å². The number of hydrogen-bond acceptors (Lipinski definition) is 4. The zero-order valence-electron chi connectivity index (χ0n) is 8.00. The molecule has 0 spiro atoms. The van der Waals surface area contributed by atoms with Crippen molar-refractivity contribution in [2.24, 2.45) is 0 Å². The molecule has 13 heavy (non-hydrogen) atoms. The molecule has 1 aromatic heterocycles. The molecule has 1 rings (SSSR count). The summed E-state index contributed by atoms with van der Waals surface area (Å²) >= 11 is 1.50. The second-order valence-electron chi connectivity index (χ2n) is 2.91. The lowest BCUT2D eigenvalue weighted by atomic mass is 10.4. The van der Waals surface area contributed by atoms with E-state index in [-0.39, 0.29) is 5.25 Å². The SMILES string of the molecule is Cc1nc(SC(C)CC#N)oc1C. The molecule has 0 N–H and O–H groups in total. The Kier molecular flexibility index (Phi) is 3.38. The van der Waals surface area contributed by atoms with Crippen molar-refractivity contribution in [3.8, 4) is 6.07 Å². The van der Waals surface area contributed by atoms with Gasteiger partial charge in [-0.1, -0.05) is 18.7 Å². The molecule has 1 atom stereocenters. The number of aryl methyl sites for hydroxylation is 2. The number of rotatable bonds is 3. The highest BCUT2D eigenvalue weighted by atomic mass is 32.2. The first kappa shape index (κ1) is 10.1. The van der Waals surface area contributed by atoms with Crippen LogP contribution < -0.4 is 0 Å². The van der Waals surface area contributed by atoms with Gasteiger partial charge in [-0.25, -0.2) is 4.98 Å². The third-order valence-corrected chi connectivity index (χ3v) is 2.63. The molecule has 0 aliphatic heterocycles. The van der Waals surface area contributed by atoms with Crippen molar-refractivity contribution in [3.05, 3.63) is 11.5 Å². The molecule has 1 unspecified atom stereocenters. The average molecular weight is 196 g/mol. The van der Waals surface area contributed by atoms with Crippen LogP contribution >= 0.6 is 11.8 Å². The lowest BCUT2D eigenvalue weighted by Gasteiger charge is -2.00. The average Bonchev–Trinajstić information content (AvgIpc) is 2.31. The van der Waals surface area contributed by atoms with Crippen LogP contribution in [0.5, 0.6) is 0 Å². The van der Waals surface area contributed by atoms with Gasteiger partial charge in [0.15, 0.2) is 0 Å². The Balaban J connectivity index is 2.60. The molecule has 0 saturated heterocycles. The van der Waals surface area contributed by atoms with Crippen LogP contribution in [0.15, 0.2) is 9.64 Å². The normalized spacial score (nSPS) is 12.5. The maximum Gasteiger partial charge on any atom is 0.256 e. The van der Waals surface area contributed by atoms with Crippen LogP contribution in [0.4, 0.5) is 0 Å². The summed E-state index contributed by atoms with van der Waals surface area (Å²) in [7, 11) is 0. The fourth-order valence-electron chi connectivity index (χ4n) is 0.836. The van der Waals surface area contributed by atoms with Gasteiger partial charge in [0.1, 0.15) is 5.76 Å². The Hall–Kier alpha value is -0.950. The predicted molar refractivity (Wildman–Crippen MR) is 51.5 cm³/mol. The van der Waals surface area contributed by atoms with Crippen LogP contribution in [-0.2, 0) is 0 Å². The molecule has 0 radical (unpaired) electrons. The Morgan fingerprint density at radius 2 is 2.31 bits per heavy atom. The van der Waals surface area contributed by atoms with E-state index in [9.17, 15) is 0 Å². The van der Waals surface area contributed by atoms with E-state index < -0.39 is 0 Å². The van der Waals surface area contributed by atoms with Crippen molar-refractivity contribution >= 4 is 11.8 Å². The van der Waals surface area contributed by atoms with Gasteiger partial charge in [0, 0.05) is 11.7 Å². The maximum atomic E-state index is 8.46. The number of nitrogens with zero attached hydrogens (tertiary/aromatic N) is 2. The summed E-state index contributed by atoms with van der Waals surface area (Å²) in [6, 6.07) is 2.12. The molecule has 0 bridgehead atoms. The molecule has 1 heterocycles. The van der Waals surface area contributed by atoms with Gasteiger partial charge in [0.25, 0.3) is 5.22 Å². The number of oxazole rings is 1. The minimum atomic E-state index is 0.238. The molecule has 0 aliphatic rings. The zero-order valence-corrected chi connectivity index (χ0v) is 8.81. The number of hydrogen-bond donors (Lipinski definition) is 0. The molecular weight excluding hydrogens is 184 g/mol. The van der Waals surface area contributed by atoms with Crippen molar-refractivity contribution in [2.75, 3.05) is 0 Å². The zero-order chi connectivity index (χ0) is 9.84. The lowest BCUT2D eigenvalue weighted by molar-refractivity contribution is 0.430. The number of nitriles is 1. The minimum Gasteiger partial charge on any atom is -0.437 e. The smallest absolute Gasteiger partial charge is 0.256 e. The van der Waals surface area contributed by atoms with Crippen molar-refractivity contribution in [3.63, 3.8) is 0 Å². The molecule has 4 heteroatoms. The van der Waals surface area contributed by atoms with Gasteiger partial charge in [-0.15, -0.1) is 0 Å². The minimum absolute atomic E-state index is 0.238. The van der Waals surface area contributed by atoms with E-state index in [0.717, 1.165) is 11.5 Å². The molecule has 0 amide bonds. The number of aromatic nitrogens is 1. The first-order chi connectivity index (χ1) is 6.13. The van der Waals surface area contributed by atoms with Gasteiger partial charge in [-0.2, -0.15) is 5.26 Å². The largest absolute Gasteiger partial charge is 0.437 e. The summed E-state index contributed by atoms with van der Waals surface area (Å²) in [6.45, 7) is 5.79. The lowest BCUT2D eigenvalue weighted by Crippen LogP contribution is -1.92. The second-order valence-corrected chi connectivity index (χ2v) is 4.30. The Bertz CT molecular complexity index is 307. The quantitative estimate of drug-likeness (QED) is 0.697. The van der Waals surface area contributed by atoms with Crippen LogP contribution in [0.3, 0.4) is 0 Å². The molecule has 0 fully saturated rings. The third-order valence-electron chi connectivity index (χ3n) is 1.69. The molecular formula is C9H12N2OS. The van der Waals surface area contributed by atoms with Crippen LogP contribution in [0.1, 0.15) is 24.8 Å². The van der Waals surface area contributed by atoms with E-state index in [1.807, 2.05) is 20.8 Å². The number of thioether (sulfide) groups is 1. The Morgan fingerprint density at radius 1 is 1.62 bits per heavy atom. The first-order valence-electron chi connectivity index (χ1n) is 4.11. The highest BCUT2D eigenvalue weighted by Gasteiger charge is 2.10. The monoisotopic (exact) mass is 196 g/mol. The molecule has 0 saturated carbocycles. The highest BCUT2D eigenvalue weighted by molar-refractivity contribution is 7.99. The molecule has 70 valence electrons. The molecule has 1 aromatic rings. The van der Waals surface area contributed by atoms with Gasteiger partial charge in [-0.3, -0.25) is 0 Å². The first-order valence-corrected chi connectivity index (χ1v) is 4.99. The van der Waals surface area contributed by atoms with Gasteiger partial charge in [0.05, 0.1) is 11.8 Å². The summed E-state index contributed by atoms with van der Waals surface area (Å²) in [5.74, 6) is 0.853. The molecule has 0 aliphatic carbocycles. The second kappa shape index (κ2) is 4.33. The fraction of sp³-hybridized carbons (Fsp3) is 0.556. The van der Waals surface area contributed by atoms with Crippen LogP contribution in [0.25, 0.3) is 0 Å². The molecule has 3 nitrogen and oxygen atoms in total. The van der Waals surface area contributed by atoms with E-state index in [0.29, 0.717) is 11.6 Å². The predicted octanol–water partition coefficient (Wildman–Crippen LogP) is 2.69. The van der Waals surface area contributed by atoms with Crippen molar-refractivity contribution in [1.29, 1.82) is 5.26 Å². The summed E-state index contributed by atoms with van der Waals surface area (Å²) in [5, 5.41) is 9.36. The Labute approximate surface area is 82.2 Å². The summed E-state index contributed by atoms with van der Waals surface area (Å²) in [5.41, 5.74) is 0.923. The van der Waals surface area contributed by atoms with Crippen LogP contribution in [-0.4, -0.2) is 10.2 Å². The van der Waals surface area contributed by atoms with Gasteiger partial charge >= 0.3 is 0 Å². The van der Waals surface area contributed by atoms with Crippen molar-refractivity contribution in [1.82, 2.24) is 4.98 Å². The molecule has 0 aromatic carbocycles. The standard InChI is InChI=1S/C9H12N2OS/c1-6(4-5-10)13-9-11-7(2)8(3)12-9/h6H,4H2,1-3H3. The summed E-state index contributed by atoms with van der Waals surface area (Å²) in [6.07, 6.45) is 0.519.